The van der Waals surface area contributed by atoms with Gasteiger partial charge in [-0.1, -0.05) is 0 Å². The average molecular weight is 153 g/mol. The Balaban J connectivity index is 3.68. The van der Waals surface area contributed by atoms with E-state index in [9.17, 15) is 18.4 Å². The van der Waals surface area contributed by atoms with Crippen LogP contribution in [0.2, 0.25) is 0 Å². The predicted molar refractivity (Wildman–Crippen MR) is 26.2 cm³/mol. The van der Waals surface area contributed by atoms with Gasteiger partial charge in [0.1, 0.15) is 0 Å². The van der Waals surface area contributed by atoms with Crippen molar-refractivity contribution in [1.29, 1.82) is 0 Å². The van der Waals surface area contributed by atoms with Gasteiger partial charge in [-0.15, -0.1) is 0 Å². The molecule has 0 bridgehead atoms. The monoisotopic (exact) mass is 153 g/mol. The maximum absolute atomic E-state index is 11.9. The van der Waals surface area contributed by atoms with Gasteiger partial charge in [-0.05, 0) is 0 Å². The van der Waals surface area contributed by atoms with Crippen molar-refractivity contribution in [1.82, 2.24) is 0 Å². The molecule has 6 heteroatoms. The highest BCUT2D eigenvalue weighted by Gasteiger charge is 2.17. The molecule has 0 aromatic heterocycles. The number of hydrogen-bond donors (Lipinski definition) is 1. The molecule has 4 nitrogen and oxygen atoms in total. The Labute approximate surface area is 54.9 Å². The molecular formula is C4H5F2NO3. The highest BCUT2D eigenvalue weighted by molar-refractivity contribution is 5.81. The van der Waals surface area contributed by atoms with Crippen LogP contribution in [0.3, 0.4) is 0 Å². The van der Waals surface area contributed by atoms with Crippen molar-refractivity contribution in [3.8, 4) is 0 Å². The van der Waals surface area contributed by atoms with Crippen LogP contribution in [0.5, 0.6) is 0 Å². The molecular weight excluding hydrogens is 148 g/mol. The fraction of sp³-hybridized carbons (Fsp3) is 0.500. The zero-order valence-corrected chi connectivity index (χ0v) is 4.84. The van der Waals surface area contributed by atoms with Crippen molar-refractivity contribution in [2.24, 2.45) is 5.73 Å². The van der Waals surface area contributed by atoms with E-state index < -0.39 is 24.9 Å². The molecule has 0 aliphatic heterocycles. The number of esters is 1. The van der Waals surface area contributed by atoms with Gasteiger partial charge < -0.3 is 10.5 Å². The van der Waals surface area contributed by atoms with Crippen LogP contribution in [0.25, 0.3) is 0 Å². The maximum atomic E-state index is 11.9. The summed E-state index contributed by atoms with van der Waals surface area (Å²) >= 11 is 0. The van der Waals surface area contributed by atoms with Crippen molar-refractivity contribution in [3.63, 3.8) is 0 Å². The summed E-state index contributed by atoms with van der Waals surface area (Å²) in [5.41, 5.74) is 4.33. The fourth-order valence-electron chi connectivity index (χ4n) is 0.205. The number of primary amides is 1. The summed E-state index contributed by atoms with van der Waals surface area (Å²) in [6.45, 7) is -1.48. The molecule has 0 radical (unpaired) electrons. The molecule has 0 aliphatic carbocycles. The van der Waals surface area contributed by atoms with Gasteiger partial charge in [-0.25, -0.2) is 9.18 Å². The lowest BCUT2D eigenvalue weighted by molar-refractivity contribution is -0.165. The first kappa shape index (κ1) is 8.80. The molecule has 2 N–H and O–H groups in total. The van der Waals surface area contributed by atoms with Crippen LogP contribution in [0.15, 0.2) is 0 Å². The molecule has 0 heterocycles. The van der Waals surface area contributed by atoms with Gasteiger partial charge >= 0.3 is 12.3 Å². The maximum Gasteiger partial charge on any atom is 0.340 e. The summed E-state index contributed by atoms with van der Waals surface area (Å²) in [4.78, 5) is 19.7. The van der Waals surface area contributed by atoms with Crippen molar-refractivity contribution < 1.29 is 23.1 Å². The van der Waals surface area contributed by atoms with Crippen molar-refractivity contribution >= 4 is 11.9 Å². The normalized spacial score (nSPS) is 12.2. The lowest BCUT2D eigenvalue weighted by Gasteiger charge is -2.02. The van der Waals surface area contributed by atoms with Gasteiger partial charge in [-0.2, -0.15) is 4.39 Å². The summed E-state index contributed by atoms with van der Waals surface area (Å²) in [6, 6.07) is 0. The van der Waals surface area contributed by atoms with E-state index in [0.29, 0.717) is 0 Å². The van der Waals surface area contributed by atoms with E-state index in [-0.39, 0.29) is 0 Å². The minimum absolute atomic E-state index is 1.45. The van der Waals surface area contributed by atoms with Gasteiger partial charge in [0.2, 0.25) is 0 Å². The second-order valence-corrected chi connectivity index (χ2v) is 1.34. The predicted octanol–water partition coefficient (Wildman–Crippen LogP) is -0.720. The molecule has 1 atom stereocenters. The Morgan fingerprint density at radius 3 is 2.40 bits per heavy atom. The van der Waals surface area contributed by atoms with Crippen LogP contribution in [0.4, 0.5) is 8.78 Å². The zero-order valence-electron chi connectivity index (χ0n) is 4.84. The van der Waals surface area contributed by atoms with E-state index in [1.807, 2.05) is 0 Å². The largest absolute Gasteiger partial charge is 0.419 e. The van der Waals surface area contributed by atoms with E-state index in [4.69, 9.17) is 0 Å². The fourth-order valence-corrected chi connectivity index (χ4v) is 0.205. The van der Waals surface area contributed by atoms with E-state index in [0.717, 1.165) is 0 Å². The third-order valence-electron chi connectivity index (χ3n) is 0.568. The van der Waals surface area contributed by atoms with Crippen LogP contribution in [-0.4, -0.2) is 24.9 Å². The van der Waals surface area contributed by atoms with Gasteiger partial charge in [0.25, 0.3) is 5.91 Å². The SMILES string of the molecule is NC(=O)C(F)OC(=O)CF. The molecule has 1 amide bonds. The first-order valence-electron chi connectivity index (χ1n) is 2.26. The molecule has 0 aromatic carbocycles. The molecule has 0 aromatic rings. The zero-order chi connectivity index (χ0) is 8.15. The quantitative estimate of drug-likeness (QED) is 0.544. The molecule has 0 rings (SSSR count). The van der Waals surface area contributed by atoms with Crippen molar-refractivity contribution in [2.75, 3.05) is 6.67 Å². The Hall–Kier alpha value is -1.20. The number of halogens is 2. The summed E-state index contributed by atoms with van der Waals surface area (Å²) < 4.78 is 26.6. The molecule has 0 saturated heterocycles. The number of rotatable bonds is 3. The number of carbonyl (C=O) groups is 2. The minimum atomic E-state index is -2.55. The van der Waals surface area contributed by atoms with E-state index in [1.54, 1.807) is 0 Å². The Kier molecular flexibility index (Phi) is 3.30. The van der Waals surface area contributed by atoms with E-state index in [2.05, 4.69) is 10.5 Å². The van der Waals surface area contributed by atoms with Crippen molar-refractivity contribution in [3.05, 3.63) is 0 Å². The highest BCUT2D eigenvalue weighted by Crippen LogP contribution is 1.92. The summed E-state index contributed by atoms with van der Waals surface area (Å²) in [5, 5.41) is 0. The lowest BCUT2D eigenvalue weighted by atomic mass is 10.6. The van der Waals surface area contributed by atoms with Gasteiger partial charge in [0.15, 0.2) is 6.67 Å². The first-order valence-corrected chi connectivity index (χ1v) is 2.26. The summed E-state index contributed by atoms with van der Waals surface area (Å²) in [7, 11) is 0. The molecule has 0 spiro atoms. The standard InChI is InChI=1S/C4H5F2NO3/c5-1-2(8)10-3(6)4(7)9/h3H,1H2,(H2,7,9). The smallest absolute Gasteiger partial charge is 0.340 e. The van der Waals surface area contributed by atoms with E-state index in [1.165, 1.54) is 0 Å². The van der Waals surface area contributed by atoms with Gasteiger partial charge in [0.05, 0.1) is 0 Å². The van der Waals surface area contributed by atoms with Crippen LogP contribution < -0.4 is 5.73 Å². The second kappa shape index (κ2) is 3.76. The molecule has 1 unspecified atom stereocenters. The van der Waals surface area contributed by atoms with Crippen LogP contribution in [0, 0.1) is 0 Å². The highest BCUT2D eigenvalue weighted by atomic mass is 19.1. The number of ether oxygens (including phenoxy) is 1. The Morgan fingerprint density at radius 1 is 1.60 bits per heavy atom. The number of hydrogen-bond acceptors (Lipinski definition) is 3. The molecule has 58 valence electrons. The third kappa shape index (κ3) is 2.95. The molecule has 0 saturated carbocycles. The number of nitrogens with two attached hydrogens (primary N) is 1. The molecule has 0 aliphatic rings. The van der Waals surface area contributed by atoms with Crippen molar-refractivity contribution in [2.45, 2.75) is 6.36 Å². The Bertz CT molecular complexity index is 149. The topological polar surface area (TPSA) is 69.4 Å². The number of amides is 1. The van der Waals surface area contributed by atoms with Crippen LogP contribution in [-0.2, 0) is 14.3 Å². The number of alkyl halides is 2. The van der Waals surface area contributed by atoms with Crippen LogP contribution >= 0.6 is 0 Å². The molecule has 10 heavy (non-hydrogen) atoms. The van der Waals surface area contributed by atoms with E-state index >= 15 is 0 Å². The number of carbonyl (C=O) groups excluding carboxylic acids is 2. The van der Waals surface area contributed by atoms with Crippen LogP contribution in [0.1, 0.15) is 0 Å². The Morgan fingerprint density at radius 2 is 2.10 bits per heavy atom. The minimum Gasteiger partial charge on any atom is -0.419 e. The second-order valence-electron chi connectivity index (χ2n) is 1.34. The first-order chi connectivity index (χ1) is 4.57. The summed E-state index contributed by atoms with van der Waals surface area (Å²) in [5.74, 6) is -2.91. The van der Waals surface area contributed by atoms with Gasteiger partial charge in [-0.3, -0.25) is 4.79 Å². The van der Waals surface area contributed by atoms with Gasteiger partial charge in [0, 0.05) is 0 Å². The third-order valence-corrected chi connectivity index (χ3v) is 0.568. The lowest BCUT2D eigenvalue weighted by Crippen LogP contribution is -2.29. The molecule has 0 fully saturated rings. The average Bonchev–Trinajstić information content (AvgIpc) is 1.87. The summed E-state index contributed by atoms with van der Waals surface area (Å²) in [6.07, 6.45) is -2.55.